The molecule has 2 unspecified atom stereocenters. The minimum Gasteiger partial charge on any atom is -0.494 e. The van der Waals surface area contributed by atoms with Gasteiger partial charge in [0, 0.05) is 11.4 Å². The van der Waals surface area contributed by atoms with Crippen LogP contribution in [0, 0.1) is 0 Å². The molecule has 186 valence electrons. The summed E-state index contributed by atoms with van der Waals surface area (Å²) < 4.78 is 17.3. The van der Waals surface area contributed by atoms with Gasteiger partial charge in [0.15, 0.2) is 6.10 Å². The second kappa shape index (κ2) is 11.5. The first-order valence-corrected chi connectivity index (χ1v) is 12.6. The highest BCUT2D eigenvalue weighted by atomic mass is 35.5. The summed E-state index contributed by atoms with van der Waals surface area (Å²) in [6, 6.07) is 14.4. The minimum absolute atomic E-state index is 0.0866. The number of carbonyl (C=O) groups excluding carboxylic acids is 1. The molecule has 3 aromatic rings. The first-order chi connectivity index (χ1) is 16.9. The molecule has 4 rings (SSSR count). The van der Waals surface area contributed by atoms with Crippen molar-refractivity contribution in [2.24, 2.45) is 0 Å². The Hall–Kier alpha value is -3.17. The van der Waals surface area contributed by atoms with Crippen LogP contribution in [0.5, 0.6) is 17.4 Å². The molecule has 2 atom stereocenters. The topological polar surface area (TPSA) is 101 Å². The van der Waals surface area contributed by atoms with E-state index in [0.29, 0.717) is 41.0 Å². The Kier molecular flexibility index (Phi) is 8.20. The minimum atomic E-state index is -0.374. The number of cyclic esters (lactones) is 1. The van der Waals surface area contributed by atoms with Gasteiger partial charge in [-0.25, -0.2) is 4.79 Å². The predicted octanol–water partition coefficient (Wildman–Crippen LogP) is 4.83. The number of H-pyrrole nitrogens is 1. The number of nitrogens with zero attached hydrogens (tertiary/aromatic N) is 1. The molecule has 1 saturated heterocycles. The maximum atomic E-state index is 12.6. The molecule has 0 saturated carbocycles. The van der Waals surface area contributed by atoms with Crippen molar-refractivity contribution in [2.45, 2.75) is 38.3 Å². The van der Waals surface area contributed by atoms with E-state index in [1.807, 2.05) is 30.3 Å². The second-order valence-corrected chi connectivity index (χ2v) is 9.79. The van der Waals surface area contributed by atoms with Gasteiger partial charge in [0.1, 0.15) is 24.7 Å². The zero-order valence-corrected chi connectivity index (χ0v) is 20.8. The molecule has 1 fully saturated rings. The van der Waals surface area contributed by atoms with E-state index in [2.05, 4.69) is 11.9 Å². The highest BCUT2D eigenvalue weighted by Gasteiger charge is 2.36. The van der Waals surface area contributed by atoms with Gasteiger partial charge in [-0.15, -0.1) is 0 Å². The molecule has 1 amide bonds. The van der Waals surface area contributed by atoms with Crippen LogP contribution in [0.1, 0.15) is 30.2 Å². The summed E-state index contributed by atoms with van der Waals surface area (Å²) in [5.41, 5.74) is 0.943. The molecule has 1 aliphatic rings. The largest absolute Gasteiger partial charge is 0.494 e. The molecule has 0 bridgehead atoms. The fourth-order valence-electron chi connectivity index (χ4n) is 3.89. The number of halogens is 1. The Balaban J connectivity index is 1.30. The third-order valence-electron chi connectivity index (χ3n) is 5.63. The standard InChI is InChI=1S/C25H27ClN2O6S/c1-2-4-18(28-13-21(34-25(28)31)15-33-20-6-3-5-17(26)12-20)14-32-19-9-7-16(8-10-19)11-22-23(29)27-24(30)35-22/h3,5-10,12,18,21,29H,2,4,11,13-15H2,1H3,(H,27,30). The Bertz CT molecular complexity index is 1200. The average Bonchev–Trinajstić information content (AvgIpc) is 3.36. The van der Waals surface area contributed by atoms with E-state index in [-0.39, 0.29) is 35.6 Å². The Labute approximate surface area is 212 Å². The zero-order valence-electron chi connectivity index (χ0n) is 19.2. The lowest BCUT2D eigenvalue weighted by atomic mass is 10.1. The summed E-state index contributed by atoms with van der Waals surface area (Å²) >= 11 is 6.98. The van der Waals surface area contributed by atoms with Crippen molar-refractivity contribution in [3.63, 3.8) is 0 Å². The molecule has 1 aliphatic heterocycles. The molecular formula is C25H27ClN2O6S. The molecule has 8 nitrogen and oxygen atoms in total. The van der Waals surface area contributed by atoms with E-state index < -0.39 is 0 Å². The van der Waals surface area contributed by atoms with Gasteiger partial charge in [-0.05, 0) is 42.3 Å². The quantitative estimate of drug-likeness (QED) is 0.377. The Morgan fingerprint density at radius 1 is 1.20 bits per heavy atom. The summed E-state index contributed by atoms with van der Waals surface area (Å²) in [7, 11) is 0. The number of carbonyl (C=O) groups is 1. The number of aromatic hydroxyl groups is 1. The van der Waals surface area contributed by atoms with Crippen LogP contribution in [0.15, 0.2) is 53.3 Å². The predicted molar refractivity (Wildman–Crippen MR) is 134 cm³/mol. The normalized spacial score (nSPS) is 16.2. The summed E-state index contributed by atoms with van der Waals surface area (Å²) in [5, 5.41) is 10.3. The number of ether oxygens (including phenoxy) is 3. The molecule has 0 aliphatic carbocycles. The van der Waals surface area contributed by atoms with Gasteiger partial charge in [0.25, 0.3) is 0 Å². The second-order valence-electron chi connectivity index (χ2n) is 8.29. The third-order valence-corrected chi connectivity index (χ3v) is 6.73. The monoisotopic (exact) mass is 518 g/mol. The van der Waals surface area contributed by atoms with Crippen molar-refractivity contribution >= 4 is 29.0 Å². The maximum Gasteiger partial charge on any atom is 0.410 e. The average molecular weight is 519 g/mol. The van der Waals surface area contributed by atoms with Gasteiger partial charge >= 0.3 is 11.0 Å². The van der Waals surface area contributed by atoms with Gasteiger partial charge in [0.05, 0.1) is 17.5 Å². The van der Waals surface area contributed by atoms with E-state index in [1.54, 1.807) is 23.1 Å². The van der Waals surface area contributed by atoms with E-state index >= 15 is 0 Å². The van der Waals surface area contributed by atoms with Crippen molar-refractivity contribution in [3.05, 3.63) is 73.7 Å². The van der Waals surface area contributed by atoms with Crippen LogP contribution < -0.4 is 14.3 Å². The van der Waals surface area contributed by atoms with Crippen LogP contribution >= 0.6 is 22.9 Å². The smallest absolute Gasteiger partial charge is 0.410 e. The number of aromatic amines is 1. The van der Waals surface area contributed by atoms with E-state index in [0.717, 1.165) is 29.7 Å². The highest BCUT2D eigenvalue weighted by molar-refractivity contribution is 7.09. The molecule has 2 aromatic carbocycles. The van der Waals surface area contributed by atoms with Crippen LogP contribution in [-0.2, 0) is 11.2 Å². The van der Waals surface area contributed by atoms with Gasteiger partial charge < -0.3 is 19.3 Å². The Morgan fingerprint density at radius 2 is 2.00 bits per heavy atom. The van der Waals surface area contributed by atoms with Crippen molar-refractivity contribution in [2.75, 3.05) is 19.8 Å². The molecule has 1 aromatic heterocycles. The van der Waals surface area contributed by atoms with Crippen LogP contribution in [0.2, 0.25) is 5.02 Å². The van der Waals surface area contributed by atoms with Crippen LogP contribution in [0.3, 0.4) is 0 Å². The van der Waals surface area contributed by atoms with E-state index in [4.69, 9.17) is 25.8 Å². The lowest BCUT2D eigenvalue weighted by molar-refractivity contribution is 0.0991. The number of hydrogen-bond donors (Lipinski definition) is 2. The summed E-state index contributed by atoms with van der Waals surface area (Å²) in [5.74, 6) is 1.22. The van der Waals surface area contributed by atoms with Crippen LogP contribution in [0.4, 0.5) is 4.79 Å². The first kappa shape index (κ1) is 24.9. The van der Waals surface area contributed by atoms with E-state index in [9.17, 15) is 14.7 Å². The highest BCUT2D eigenvalue weighted by Crippen LogP contribution is 2.24. The van der Waals surface area contributed by atoms with Crippen molar-refractivity contribution in [3.8, 4) is 17.4 Å². The number of amides is 1. The number of nitrogens with one attached hydrogen (secondary N) is 1. The zero-order chi connectivity index (χ0) is 24.8. The van der Waals surface area contributed by atoms with Gasteiger partial charge in [0.2, 0.25) is 5.88 Å². The number of hydrogen-bond acceptors (Lipinski definition) is 7. The fraction of sp³-hybridized carbons (Fsp3) is 0.360. The third kappa shape index (κ3) is 6.70. The molecule has 35 heavy (non-hydrogen) atoms. The molecule has 0 radical (unpaired) electrons. The fourth-order valence-corrected chi connectivity index (χ4v) is 4.83. The number of aromatic nitrogens is 1. The van der Waals surface area contributed by atoms with Gasteiger partial charge in [-0.1, -0.05) is 54.5 Å². The van der Waals surface area contributed by atoms with Crippen LogP contribution in [0.25, 0.3) is 0 Å². The molecule has 0 spiro atoms. The molecule has 10 heteroatoms. The maximum absolute atomic E-state index is 12.6. The molecular weight excluding hydrogens is 492 g/mol. The van der Waals surface area contributed by atoms with Crippen molar-refractivity contribution in [1.29, 1.82) is 0 Å². The lowest BCUT2D eigenvalue weighted by Gasteiger charge is -2.25. The number of rotatable bonds is 11. The first-order valence-electron chi connectivity index (χ1n) is 11.4. The number of thiazole rings is 1. The van der Waals surface area contributed by atoms with Gasteiger partial charge in [-0.2, -0.15) is 0 Å². The summed E-state index contributed by atoms with van der Waals surface area (Å²) in [4.78, 5) is 28.3. The molecule has 2 heterocycles. The SMILES string of the molecule is CCCC(COc1ccc(Cc2sc(=O)[nH]c2O)cc1)N1CC(COc2cccc(Cl)c2)OC1=O. The van der Waals surface area contributed by atoms with E-state index in [1.165, 1.54) is 0 Å². The molecule has 2 N–H and O–H groups in total. The summed E-state index contributed by atoms with van der Waals surface area (Å²) in [6.07, 6.45) is 1.38. The van der Waals surface area contributed by atoms with Crippen molar-refractivity contribution < 1.29 is 24.1 Å². The van der Waals surface area contributed by atoms with Crippen LogP contribution in [-0.4, -0.2) is 53.0 Å². The van der Waals surface area contributed by atoms with Crippen molar-refractivity contribution in [1.82, 2.24) is 9.88 Å². The summed E-state index contributed by atoms with van der Waals surface area (Å²) in [6.45, 7) is 3.07. The number of benzene rings is 2. The lowest BCUT2D eigenvalue weighted by Crippen LogP contribution is -2.40. The Morgan fingerprint density at radius 3 is 2.69 bits per heavy atom. The van der Waals surface area contributed by atoms with Gasteiger partial charge in [-0.3, -0.25) is 14.7 Å².